The minimum Gasteiger partial charge on any atom is -0.394 e. The zero-order valence-electron chi connectivity index (χ0n) is 16.9. The molecule has 0 radical (unpaired) electrons. The second kappa shape index (κ2) is 8.48. The van der Waals surface area contributed by atoms with Crippen LogP contribution in [0.3, 0.4) is 0 Å². The predicted octanol–water partition coefficient (Wildman–Crippen LogP) is 3.45. The summed E-state index contributed by atoms with van der Waals surface area (Å²) in [4.78, 5) is 20.7. The van der Waals surface area contributed by atoms with Crippen molar-refractivity contribution in [2.45, 2.75) is 12.2 Å². The Morgan fingerprint density at radius 1 is 1.19 bits per heavy atom. The molecule has 2 heterocycles. The van der Waals surface area contributed by atoms with Crippen molar-refractivity contribution in [1.29, 1.82) is 5.26 Å². The lowest BCUT2D eigenvalue weighted by Gasteiger charge is -2.41. The molecule has 4 rings (SSSR count). The molecule has 6 nitrogen and oxygen atoms in total. The van der Waals surface area contributed by atoms with Crippen LogP contribution in [-0.2, 0) is 6.18 Å². The van der Waals surface area contributed by atoms with Gasteiger partial charge in [-0.3, -0.25) is 9.78 Å². The Kier molecular flexibility index (Phi) is 5.72. The van der Waals surface area contributed by atoms with Gasteiger partial charge in [-0.05, 0) is 29.7 Å². The smallest absolute Gasteiger partial charge is 0.394 e. The molecule has 1 amide bonds. The number of alkyl halides is 3. The Morgan fingerprint density at radius 3 is 2.69 bits per heavy atom. The van der Waals surface area contributed by atoms with Gasteiger partial charge in [0.25, 0.3) is 5.91 Å². The highest BCUT2D eigenvalue weighted by molar-refractivity contribution is 6.05. The van der Waals surface area contributed by atoms with Crippen LogP contribution in [0.2, 0.25) is 0 Å². The molecule has 9 heteroatoms. The van der Waals surface area contributed by atoms with Gasteiger partial charge in [0, 0.05) is 36.9 Å². The number of aliphatic hydroxyl groups is 1. The SMILES string of the molecule is N#Cc1ccc(N2CCN(C(=O)c3nccc4ccccc34)C(CO)C2)cc1C(F)(F)F. The van der Waals surface area contributed by atoms with Gasteiger partial charge in [-0.2, -0.15) is 18.4 Å². The van der Waals surface area contributed by atoms with Crippen molar-refractivity contribution in [3.05, 3.63) is 71.5 Å². The summed E-state index contributed by atoms with van der Waals surface area (Å²) in [7, 11) is 0. The molecule has 1 unspecified atom stereocenters. The third-order valence-corrected chi connectivity index (χ3v) is 5.62. The Hall–Kier alpha value is -3.64. The summed E-state index contributed by atoms with van der Waals surface area (Å²) in [6, 6.07) is 13.6. The number of fused-ring (bicyclic) bond motifs is 1. The number of carbonyl (C=O) groups excluding carboxylic acids is 1. The number of aromatic nitrogens is 1. The molecule has 164 valence electrons. The molecule has 1 aliphatic rings. The number of hydrogen-bond donors (Lipinski definition) is 1. The normalized spacial score (nSPS) is 16.8. The van der Waals surface area contributed by atoms with Crippen LogP contribution in [0, 0.1) is 11.3 Å². The Balaban J connectivity index is 1.60. The quantitative estimate of drug-likeness (QED) is 0.675. The summed E-state index contributed by atoms with van der Waals surface area (Å²) in [5, 5.41) is 20.5. The molecule has 1 N–H and O–H groups in total. The monoisotopic (exact) mass is 440 g/mol. The molecule has 2 aromatic carbocycles. The molecule has 32 heavy (non-hydrogen) atoms. The van der Waals surface area contributed by atoms with Gasteiger partial charge in [0.2, 0.25) is 0 Å². The molecule has 0 bridgehead atoms. The van der Waals surface area contributed by atoms with Gasteiger partial charge < -0.3 is 14.9 Å². The first-order valence-electron chi connectivity index (χ1n) is 9.95. The molecular formula is C23H19F3N4O2. The van der Waals surface area contributed by atoms with E-state index in [-0.39, 0.29) is 43.5 Å². The minimum atomic E-state index is -4.66. The predicted molar refractivity (Wildman–Crippen MR) is 112 cm³/mol. The fourth-order valence-electron chi connectivity index (χ4n) is 4.00. The number of aliphatic hydroxyl groups excluding tert-OH is 1. The topological polar surface area (TPSA) is 80.5 Å². The maximum absolute atomic E-state index is 13.3. The van der Waals surface area contributed by atoms with Gasteiger partial charge in [0.1, 0.15) is 5.69 Å². The average Bonchev–Trinajstić information content (AvgIpc) is 2.81. The molecule has 0 saturated carbocycles. The first kappa shape index (κ1) is 21.6. The van der Waals surface area contributed by atoms with E-state index >= 15 is 0 Å². The van der Waals surface area contributed by atoms with Crippen molar-refractivity contribution >= 4 is 22.4 Å². The largest absolute Gasteiger partial charge is 0.417 e. The second-order valence-corrected chi connectivity index (χ2v) is 7.50. The van der Waals surface area contributed by atoms with Gasteiger partial charge in [0.15, 0.2) is 0 Å². The Bertz CT molecular complexity index is 1200. The van der Waals surface area contributed by atoms with E-state index in [0.29, 0.717) is 5.39 Å². The fourth-order valence-corrected chi connectivity index (χ4v) is 4.00. The number of pyridine rings is 1. The van der Waals surface area contributed by atoms with Crippen LogP contribution in [0.4, 0.5) is 18.9 Å². The summed E-state index contributed by atoms with van der Waals surface area (Å²) in [6.07, 6.45) is -3.11. The average molecular weight is 440 g/mol. The van der Waals surface area contributed by atoms with Crippen LogP contribution in [-0.4, -0.2) is 53.2 Å². The van der Waals surface area contributed by atoms with Crippen LogP contribution in [0.1, 0.15) is 21.6 Å². The first-order chi connectivity index (χ1) is 15.3. The number of benzene rings is 2. The minimum absolute atomic E-state index is 0.149. The lowest BCUT2D eigenvalue weighted by Crippen LogP contribution is -2.57. The maximum Gasteiger partial charge on any atom is 0.417 e. The van der Waals surface area contributed by atoms with E-state index in [1.807, 2.05) is 18.2 Å². The third kappa shape index (κ3) is 3.97. The van der Waals surface area contributed by atoms with E-state index in [0.717, 1.165) is 17.5 Å². The van der Waals surface area contributed by atoms with Gasteiger partial charge in [-0.1, -0.05) is 24.3 Å². The Labute approximate surface area is 182 Å². The van der Waals surface area contributed by atoms with E-state index in [9.17, 15) is 23.1 Å². The number of halogens is 3. The van der Waals surface area contributed by atoms with Crippen molar-refractivity contribution < 1.29 is 23.1 Å². The summed E-state index contributed by atoms with van der Waals surface area (Å²) in [6.45, 7) is 0.276. The fraction of sp³-hybridized carbons (Fsp3) is 0.261. The molecule has 3 aromatic rings. The lowest BCUT2D eigenvalue weighted by molar-refractivity contribution is -0.137. The summed E-state index contributed by atoms with van der Waals surface area (Å²) in [5.74, 6) is -0.337. The zero-order chi connectivity index (χ0) is 22.9. The Morgan fingerprint density at radius 2 is 1.97 bits per heavy atom. The van der Waals surface area contributed by atoms with E-state index in [2.05, 4.69) is 4.98 Å². The van der Waals surface area contributed by atoms with Crippen LogP contribution < -0.4 is 4.90 Å². The van der Waals surface area contributed by atoms with Crippen LogP contribution in [0.5, 0.6) is 0 Å². The van der Waals surface area contributed by atoms with Gasteiger partial charge in [-0.15, -0.1) is 0 Å². The molecule has 1 atom stereocenters. The summed E-state index contributed by atoms with van der Waals surface area (Å²) >= 11 is 0. The summed E-state index contributed by atoms with van der Waals surface area (Å²) < 4.78 is 40.0. The van der Waals surface area contributed by atoms with Crippen molar-refractivity contribution in [2.24, 2.45) is 0 Å². The highest BCUT2D eigenvalue weighted by atomic mass is 19.4. The van der Waals surface area contributed by atoms with Gasteiger partial charge in [-0.25, -0.2) is 0 Å². The number of nitriles is 1. The number of anilines is 1. The van der Waals surface area contributed by atoms with Gasteiger partial charge >= 0.3 is 6.18 Å². The number of piperazine rings is 1. The van der Waals surface area contributed by atoms with Crippen LogP contribution >= 0.6 is 0 Å². The third-order valence-electron chi connectivity index (χ3n) is 5.62. The number of amides is 1. The lowest BCUT2D eigenvalue weighted by atomic mass is 10.0. The van der Waals surface area contributed by atoms with E-state index < -0.39 is 23.3 Å². The number of hydrogen-bond acceptors (Lipinski definition) is 5. The first-order valence-corrected chi connectivity index (χ1v) is 9.95. The molecule has 0 spiro atoms. The molecule has 1 aromatic heterocycles. The van der Waals surface area contributed by atoms with Crippen molar-refractivity contribution in [1.82, 2.24) is 9.88 Å². The van der Waals surface area contributed by atoms with Crippen LogP contribution in [0.15, 0.2) is 54.7 Å². The maximum atomic E-state index is 13.3. The van der Waals surface area contributed by atoms with E-state index in [1.165, 1.54) is 11.0 Å². The molecule has 1 fully saturated rings. The molecule has 1 aliphatic heterocycles. The molecule has 0 aliphatic carbocycles. The molecular weight excluding hydrogens is 421 g/mol. The van der Waals surface area contributed by atoms with Crippen molar-refractivity contribution in [3.63, 3.8) is 0 Å². The number of carbonyl (C=O) groups is 1. The van der Waals surface area contributed by atoms with E-state index in [1.54, 1.807) is 29.3 Å². The van der Waals surface area contributed by atoms with Crippen molar-refractivity contribution in [3.8, 4) is 6.07 Å². The van der Waals surface area contributed by atoms with E-state index in [4.69, 9.17) is 5.26 Å². The highest BCUT2D eigenvalue weighted by Crippen LogP contribution is 2.35. The molecule has 1 saturated heterocycles. The van der Waals surface area contributed by atoms with Crippen LogP contribution in [0.25, 0.3) is 10.8 Å². The highest BCUT2D eigenvalue weighted by Gasteiger charge is 2.36. The standard InChI is InChI=1S/C23H19F3N4O2/c24-23(25,26)20-11-17(6-5-16(20)12-27)29-9-10-30(18(13-29)14-31)22(32)21-19-4-2-1-3-15(19)7-8-28-21/h1-8,11,18,31H,9-10,13-14H2. The zero-order valence-corrected chi connectivity index (χ0v) is 16.9. The summed E-state index contributed by atoms with van der Waals surface area (Å²) in [5.41, 5.74) is -0.898. The number of nitrogens with zero attached hydrogens (tertiary/aromatic N) is 4. The number of rotatable bonds is 3. The van der Waals surface area contributed by atoms with Crippen molar-refractivity contribution in [2.75, 3.05) is 31.1 Å². The second-order valence-electron chi connectivity index (χ2n) is 7.50. The van der Waals surface area contributed by atoms with Gasteiger partial charge in [0.05, 0.1) is 29.8 Å².